The molecule has 0 amide bonds. The summed E-state index contributed by atoms with van der Waals surface area (Å²) in [5.74, 6) is 0.945. The standard InChI is InChI=1S/C15H29N3O2S/c19-21(20,12-6-14-4-7-16-8-5-14)18-11-2-10-17-9-1-3-15(17)13-18/h14-16H,1-13H2. The minimum Gasteiger partial charge on any atom is -0.317 e. The molecule has 0 aromatic rings. The van der Waals surface area contributed by atoms with E-state index >= 15 is 0 Å². The van der Waals surface area contributed by atoms with Crippen LogP contribution >= 0.6 is 0 Å². The van der Waals surface area contributed by atoms with Crippen molar-refractivity contribution in [3.8, 4) is 0 Å². The Bertz CT molecular complexity index is 434. The molecule has 21 heavy (non-hydrogen) atoms. The van der Waals surface area contributed by atoms with E-state index in [1.807, 2.05) is 0 Å². The fourth-order valence-corrected chi connectivity index (χ4v) is 5.74. The predicted octanol–water partition coefficient (Wildman–Crippen LogP) is 0.876. The Balaban J connectivity index is 1.55. The smallest absolute Gasteiger partial charge is 0.214 e. The van der Waals surface area contributed by atoms with Crippen molar-refractivity contribution >= 4 is 10.0 Å². The summed E-state index contributed by atoms with van der Waals surface area (Å²) in [6.07, 6.45) is 6.49. The summed E-state index contributed by atoms with van der Waals surface area (Å²) in [6, 6.07) is 0.473. The van der Waals surface area contributed by atoms with E-state index in [-0.39, 0.29) is 0 Å². The number of hydrogen-bond acceptors (Lipinski definition) is 4. The first-order valence-corrected chi connectivity index (χ1v) is 10.2. The molecule has 3 fully saturated rings. The summed E-state index contributed by atoms with van der Waals surface area (Å²) in [6.45, 7) is 5.78. The third kappa shape index (κ3) is 3.97. The van der Waals surface area contributed by atoms with Gasteiger partial charge in [0.25, 0.3) is 0 Å². The average Bonchev–Trinajstić information content (AvgIpc) is 2.83. The second kappa shape index (κ2) is 6.94. The average molecular weight is 315 g/mol. The molecule has 3 heterocycles. The fourth-order valence-electron chi connectivity index (χ4n) is 4.04. The van der Waals surface area contributed by atoms with Crippen LogP contribution < -0.4 is 5.32 Å². The van der Waals surface area contributed by atoms with Crippen LogP contribution in [0.4, 0.5) is 0 Å². The van der Waals surface area contributed by atoms with Gasteiger partial charge in [0.15, 0.2) is 0 Å². The summed E-state index contributed by atoms with van der Waals surface area (Å²) < 4.78 is 27.1. The van der Waals surface area contributed by atoms with Crippen LogP contribution in [0.5, 0.6) is 0 Å². The highest BCUT2D eigenvalue weighted by atomic mass is 32.2. The van der Waals surface area contributed by atoms with Crippen molar-refractivity contribution in [2.45, 2.75) is 44.6 Å². The monoisotopic (exact) mass is 315 g/mol. The molecule has 3 saturated heterocycles. The molecule has 3 aliphatic rings. The molecule has 0 spiro atoms. The van der Waals surface area contributed by atoms with Crippen LogP contribution in [0.3, 0.4) is 0 Å². The minimum atomic E-state index is -3.06. The van der Waals surface area contributed by atoms with Crippen molar-refractivity contribution in [1.29, 1.82) is 0 Å². The van der Waals surface area contributed by atoms with Crippen LogP contribution in [0.1, 0.15) is 38.5 Å². The Morgan fingerprint density at radius 1 is 1.00 bits per heavy atom. The maximum atomic E-state index is 12.7. The van der Waals surface area contributed by atoms with Gasteiger partial charge in [-0.1, -0.05) is 0 Å². The normalized spacial score (nSPS) is 30.2. The van der Waals surface area contributed by atoms with Gasteiger partial charge in [0.1, 0.15) is 0 Å². The van der Waals surface area contributed by atoms with Gasteiger partial charge in [0.2, 0.25) is 10.0 Å². The molecule has 3 rings (SSSR count). The highest BCUT2D eigenvalue weighted by Crippen LogP contribution is 2.24. The molecule has 0 aliphatic carbocycles. The largest absolute Gasteiger partial charge is 0.317 e. The van der Waals surface area contributed by atoms with Gasteiger partial charge in [-0.15, -0.1) is 0 Å². The molecule has 0 aromatic carbocycles. The van der Waals surface area contributed by atoms with E-state index < -0.39 is 10.0 Å². The molecule has 122 valence electrons. The molecule has 1 N–H and O–H groups in total. The lowest BCUT2D eigenvalue weighted by Gasteiger charge is -2.27. The number of piperidine rings is 1. The molecule has 1 unspecified atom stereocenters. The number of sulfonamides is 1. The minimum absolute atomic E-state index is 0.352. The fraction of sp³-hybridized carbons (Fsp3) is 1.00. The van der Waals surface area contributed by atoms with Gasteiger partial charge in [-0.25, -0.2) is 12.7 Å². The zero-order chi connectivity index (χ0) is 14.7. The number of hydrogen-bond donors (Lipinski definition) is 1. The first-order chi connectivity index (χ1) is 10.1. The predicted molar refractivity (Wildman–Crippen MR) is 84.8 cm³/mol. The number of fused-ring (bicyclic) bond motifs is 1. The van der Waals surface area contributed by atoms with Crippen LogP contribution in [0.25, 0.3) is 0 Å². The third-order valence-electron chi connectivity index (χ3n) is 5.40. The van der Waals surface area contributed by atoms with Crippen molar-refractivity contribution in [1.82, 2.24) is 14.5 Å². The Labute approximate surface area is 129 Å². The van der Waals surface area contributed by atoms with E-state index in [2.05, 4.69) is 10.2 Å². The molecular weight excluding hydrogens is 286 g/mol. The van der Waals surface area contributed by atoms with Crippen LogP contribution in [0.15, 0.2) is 0 Å². The van der Waals surface area contributed by atoms with Gasteiger partial charge in [-0.3, -0.25) is 4.90 Å². The topological polar surface area (TPSA) is 52.7 Å². The van der Waals surface area contributed by atoms with Crippen molar-refractivity contribution in [3.63, 3.8) is 0 Å². The van der Waals surface area contributed by atoms with Gasteiger partial charge in [0, 0.05) is 19.1 Å². The maximum Gasteiger partial charge on any atom is 0.214 e. The van der Waals surface area contributed by atoms with Crippen LogP contribution in [0.2, 0.25) is 0 Å². The van der Waals surface area contributed by atoms with Gasteiger partial charge >= 0.3 is 0 Å². The number of nitrogens with zero attached hydrogens (tertiary/aromatic N) is 2. The molecule has 0 aromatic heterocycles. The van der Waals surface area contributed by atoms with Gasteiger partial charge < -0.3 is 5.32 Å². The summed E-state index contributed by atoms with van der Waals surface area (Å²) in [7, 11) is -3.06. The second-order valence-electron chi connectivity index (χ2n) is 6.84. The molecule has 0 radical (unpaired) electrons. The second-order valence-corrected chi connectivity index (χ2v) is 8.93. The summed E-state index contributed by atoms with van der Waals surface area (Å²) in [5, 5.41) is 3.34. The van der Waals surface area contributed by atoms with Gasteiger partial charge in [-0.2, -0.15) is 0 Å². The van der Waals surface area contributed by atoms with E-state index in [1.165, 1.54) is 12.8 Å². The summed E-state index contributed by atoms with van der Waals surface area (Å²) in [5.41, 5.74) is 0. The number of rotatable bonds is 4. The Hall–Kier alpha value is -0.170. The Morgan fingerprint density at radius 2 is 1.76 bits per heavy atom. The van der Waals surface area contributed by atoms with Crippen LogP contribution in [-0.2, 0) is 10.0 Å². The molecule has 6 heteroatoms. The third-order valence-corrected chi connectivity index (χ3v) is 7.27. The summed E-state index contributed by atoms with van der Waals surface area (Å²) in [4.78, 5) is 2.49. The lowest BCUT2D eigenvalue weighted by molar-refractivity contribution is 0.257. The van der Waals surface area contributed by atoms with Crippen molar-refractivity contribution in [2.75, 3.05) is 45.0 Å². The molecule has 5 nitrogen and oxygen atoms in total. The zero-order valence-corrected chi connectivity index (χ0v) is 13.8. The van der Waals surface area contributed by atoms with E-state index in [0.717, 1.165) is 65.0 Å². The van der Waals surface area contributed by atoms with E-state index in [1.54, 1.807) is 4.31 Å². The van der Waals surface area contributed by atoms with Gasteiger partial charge in [-0.05, 0) is 70.6 Å². The quantitative estimate of drug-likeness (QED) is 0.837. The summed E-state index contributed by atoms with van der Waals surface area (Å²) >= 11 is 0. The van der Waals surface area contributed by atoms with Crippen LogP contribution in [0, 0.1) is 5.92 Å². The Morgan fingerprint density at radius 3 is 2.57 bits per heavy atom. The molecule has 0 saturated carbocycles. The highest BCUT2D eigenvalue weighted by molar-refractivity contribution is 7.89. The highest BCUT2D eigenvalue weighted by Gasteiger charge is 2.33. The maximum absolute atomic E-state index is 12.7. The molecular formula is C15H29N3O2S. The van der Waals surface area contributed by atoms with Crippen molar-refractivity contribution in [2.24, 2.45) is 5.92 Å². The van der Waals surface area contributed by atoms with E-state index in [4.69, 9.17) is 0 Å². The first-order valence-electron chi connectivity index (χ1n) is 8.58. The van der Waals surface area contributed by atoms with E-state index in [0.29, 0.717) is 17.7 Å². The number of nitrogens with one attached hydrogen (secondary N) is 1. The first kappa shape index (κ1) is 15.7. The lowest BCUT2D eigenvalue weighted by Crippen LogP contribution is -2.41. The molecule has 3 aliphatic heterocycles. The van der Waals surface area contributed by atoms with Crippen molar-refractivity contribution in [3.05, 3.63) is 0 Å². The SMILES string of the molecule is O=S(=O)(CCC1CCNCC1)N1CCCN2CCCC2C1. The Kier molecular flexibility index (Phi) is 5.19. The zero-order valence-electron chi connectivity index (χ0n) is 13.0. The lowest BCUT2D eigenvalue weighted by atomic mass is 9.96. The van der Waals surface area contributed by atoms with Crippen LogP contribution in [-0.4, -0.2) is 68.7 Å². The van der Waals surface area contributed by atoms with E-state index in [9.17, 15) is 8.42 Å². The molecule has 0 bridgehead atoms. The van der Waals surface area contributed by atoms with Gasteiger partial charge in [0.05, 0.1) is 5.75 Å². The molecule has 1 atom stereocenters. The van der Waals surface area contributed by atoms with Crippen molar-refractivity contribution < 1.29 is 8.42 Å².